The molecule has 0 atom stereocenters. The summed E-state index contributed by atoms with van der Waals surface area (Å²) in [5.41, 5.74) is 1.38. The van der Waals surface area contributed by atoms with Crippen LogP contribution in [-0.2, 0) is 17.4 Å². The largest absolute Gasteiger partial charge is 0.497 e. The SMILES string of the molecule is COc1ccc2c(c1)CCCN2C(=O)CSc1nnc2ccc(C(F)(F)F)cn12. The van der Waals surface area contributed by atoms with Crippen molar-refractivity contribution in [2.75, 3.05) is 24.3 Å². The van der Waals surface area contributed by atoms with Crippen LogP contribution >= 0.6 is 11.8 Å². The van der Waals surface area contributed by atoms with E-state index < -0.39 is 11.7 Å². The maximum Gasteiger partial charge on any atom is 0.417 e. The first-order chi connectivity index (χ1) is 13.9. The fraction of sp³-hybridized carbons (Fsp3) is 0.316. The fourth-order valence-electron chi connectivity index (χ4n) is 3.30. The zero-order chi connectivity index (χ0) is 20.6. The second-order valence-electron chi connectivity index (χ2n) is 6.56. The predicted octanol–water partition coefficient (Wildman–Crippen LogP) is 3.83. The van der Waals surface area contributed by atoms with E-state index in [1.807, 2.05) is 18.2 Å². The lowest BCUT2D eigenvalue weighted by Crippen LogP contribution is -2.36. The molecule has 152 valence electrons. The van der Waals surface area contributed by atoms with Gasteiger partial charge in [0.1, 0.15) is 5.75 Å². The third-order valence-corrected chi connectivity index (χ3v) is 5.66. The van der Waals surface area contributed by atoms with Crippen LogP contribution in [0, 0.1) is 0 Å². The number of aryl methyl sites for hydroxylation is 1. The van der Waals surface area contributed by atoms with Gasteiger partial charge >= 0.3 is 6.18 Å². The van der Waals surface area contributed by atoms with Crippen LogP contribution in [-0.4, -0.2) is 39.9 Å². The molecule has 1 aromatic carbocycles. The summed E-state index contributed by atoms with van der Waals surface area (Å²) >= 11 is 1.07. The maximum absolute atomic E-state index is 13.0. The number of fused-ring (bicyclic) bond motifs is 2. The van der Waals surface area contributed by atoms with E-state index in [0.29, 0.717) is 12.2 Å². The van der Waals surface area contributed by atoms with Crippen molar-refractivity contribution in [2.24, 2.45) is 0 Å². The molecule has 2 aromatic heterocycles. The minimum Gasteiger partial charge on any atom is -0.497 e. The topological polar surface area (TPSA) is 59.7 Å². The summed E-state index contributed by atoms with van der Waals surface area (Å²) in [4.78, 5) is 14.5. The van der Waals surface area contributed by atoms with Gasteiger partial charge in [0.15, 0.2) is 10.8 Å². The summed E-state index contributed by atoms with van der Waals surface area (Å²) in [6.07, 6.45) is -1.82. The highest BCUT2D eigenvalue weighted by Crippen LogP contribution is 2.32. The van der Waals surface area contributed by atoms with Crippen LogP contribution in [0.2, 0.25) is 0 Å². The van der Waals surface area contributed by atoms with Crippen molar-refractivity contribution in [3.8, 4) is 5.75 Å². The van der Waals surface area contributed by atoms with E-state index in [-0.39, 0.29) is 16.8 Å². The standard InChI is InChI=1S/C19H17F3N4O2S/c1-28-14-5-6-15-12(9-14)3-2-8-25(15)17(27)11-29-18-24-23-16-7-4-13(10-26(16)18)19(20,21)22/h4-7,9-10H,2-3,8,11H2,1H3. The van der Waals surface area contributed by atoms with Crippen molar-refractivity contribution < 1.29 is 22.7 Å². The molecule has 10 heteroatoms. The number of benzene rings is 1. The predicted molar refractivity (Wildman–Crippen MR) is 102 cm³/mol. The van der Waals surface area contributed by atoms with Crippen LogP contribution in [0.3, 0.4) is 0 Å². The summed E-state index contributed by atoms with van der Waals surface area (Å²) < 4.78 is 45.4. The number of anilines is 1. The van der Waals surface area contributed by atoms with Gasteiger partial charge in [0.25, 0.3) is 0 Å². The molecule has 3 aromatic rings. The second kappa shape index (κ2) is 7.58. The van der Waals surface area contributed by atoms with E-state index >= 15 is 0 Å². The Morgan fingerprint density at radius 3 is 2.83 bits per heavy atom. The Hall–Kier alpha value is -2.75. The van der Waals surface area contributed by atoms with Crippen molar-refractivity contribution >= 4 is 29.0 Å². The highest BCUT2D eigenvalue weighted by molar-refractivity contribution is 7.99. The monoisotopic (exact) mass is 422 g/mol. The lowest BCUT2D eigenvalue weighted by molar-refractivity contribution is -0.137. The number of hydrogen-bond donors (Lipinski definition) is 0. The molecule has 0 bridgehead atoms. The van der Waals surface area contributed by atoms with Gasteiger partial charge in [-0.15, -0.1) is 10.2 Å². The van der Waals surface area contributed by atoms with Gasteiger partial charge in [-0.05, 0) is 48.7 Å². The zero-order valence-electron chi connectivity index (χ0n) is 15.4. The number of rotatable bonds is 4. The number of ether oxygens (including phenoxy) is 1. The lowest BCUT2D eigenvalue weighted by Gasteiger charge is -2.29. The van der Waals surface area contributed by atoms with E-state index in [1.54, 1.807) is 12.0 Å². The number of aromatic nitrogens is 3. The molecular formula is C19H17F3N4O2S. The summed E-state index contributed by atoms with van der Waals surface area (Å²) in [5.74, 6) is 0.648. The molecule has 29 heavy (non-hydrogen) atoms. The third kappa shape index (κ3) is 3.89. The summed E-state index contributed by atoms with van der Waals surface area (Å²) in [6.45, 7) is 0.595. The fourth-order valence-corrected chi connectivity index (χ4v) is 4.09. The van der Waals surface area contributed by atoms with E-state index in [0.717, 1.165) is 53.9 Å². The van der Waals surface area contributed by atoms with E-state index in [9.17, 15) is 18.0 Å². The van der Waals surface area contributed by atoms with Crippen LogP contribution in [0.15, 0.2) is 41.7 Å². The van der Waals surface area contributed by atoms with Crippen molar-refractivity contribution in [2.45, 2.75) is 24.2 Å². The molecule has 0 fully saturated rings. The van der Waals surface area contributed by atoms with E-state index in [2.05, 4.69) is 10.2 Å². The molecule has 0 unspecified atom stereocenters. The number of methoxy groups -OCH3 is 1. The van der Waals surface area contributed by atoms with Gasteiger partial charge in [0.05, 0.1) is 18.4 Å². The van der Waals surface area contributed by atoms with Crippen molar-refractivity contribution in [3.63, 3.8) is 0 Å². The molecule has 0 saturated carbocycles. The Bertz CT molecular complexity index is 1070. The van der Waals surface area contributed by atoms with Crippen LogP contribution in [0.25, 0.3) is 5.65 Å². The van der Waals surface area contributed by atoms with Crippen LogP contribution in [0.4, 0.5) is 18.9 Å². The molecule has 3 heterocycles. The van der Waals surface area contributed by atoms with Gasteiger partial charge in [0, 0.05) is 18.4 Å². The number of halogens is 3. The molecule has 0 radical (unpaired) electrons. The maximum atomic E-state index is 13.0. The Kier molecular flexibility index (Phi) is 5.12. The second-order valence-corrected chi connectivity index (χ2v) is 7.50. The van der Waals surface area contributed by atoms with Crippen LogP contribution in [0.1, 0.15) is 17.5 Å². The van der Waals surface area contributed by atoms with Gasteiger partial charge in [-0.2, -0.15) is 13.2 Å². The molecule has 1 aliphatic rings. The number of carbonyl (C=O) groups is 1. The van der Waals surface area contributed by atoms with E-state index in [4.69, 9.17) is 4.74 Å². The lowest BCUT2D eigenvalue weighted by atomic mass is 10.0. The third-order valence-electron chi connectivity index (χ3n) is 4.73. The average Bonchev–Trinajstić information content (AvgIpc) is 3.12. The molecule has 6 nitrogen and oxygen atoms in total. The van der Waals surface area contributed by atoms with Gasteiger partial charge in [-0.25, -0.2) is 0 Å². The molecule has 0 spiro atoms. The number of thioether (sulfide) groups is 1. The number of carbonyl (C=O) groups excluding carboxylic acids is 1. The average molecular weight is 422 g/mol. The molecule has 4 rings (SSSR count). The minimum atomic E-state index is -4.46. The van der Waals surface area contributed by atoms with Gasteiger partial charge in [-0.3, -0.25) is 9.20 Å². The van der Waals surface area contributed by atoms with Crippen molar-refractivity contribution in [1.29, 1.82) is 0 Å². The highest BCUT2D eigenvalue weighted by atomic mass is 32.2. The Morgan fingerprint density at radius 2 is 2.07 bits per heavy atom. The summed E-state index contributed by atoms with van der Waals surface area (Å²) in [6, 6.07) is 7.81. The molecule has 1 aliphatic heterocycles. The molecular weight excluding hydrogens is 405 g/mol. The number of alkyl halides is 3. The van der Waals surface area contributed by atoms with Gasteiger partial charge in [0.2, 0.25) is 5.91 Å². The Morgan fingerprint density at radius 1 is 1.24 bits per heavy atom. The molecule has 1 amide bonds. The van der Waals surface area contributed by atoms with Gasteiger partial charge < -0.3 is 9.64 Å². The first-order valence-corrected chi connectivity index (χ1v) is 9.87. The number of nitrogens with zero attached hydrogens (tertiary/aromatic N) is 4. The number of pyridine rings is 1. The first kappa shape index (κ1) is 19.6. The zero-order valence-corrected chi connectivity index (χ0v) is 16.3. The van der Waals surface area contributed by atoms with Crippen molar-refractivity contribution in [1.82, 2.24) is 14.6 Å². The normalized spacial score (nSPS) is 14.1. The molecule has 0 saturated heterocycles. The Balaban J connectivity index is 1.52. The first-order valence-electron chi connectivity index (χ1n) is 8.89. The smallest absolute Gasteiger partial charge is 0.417 e. The molecule has 0 aliphatic carbocycles. The molecule has 0 N–H and O–H groups in total. The highest BCUT2D eigenvalue weighted by Gasteiger charge is 2.31. The Labute approximate surface area is 168 Å². The number of amides is 1. The van der Waals surface area contributed by atoms with E-state index in [1.165, 1.54) is 10.5 Å². The number of hydrogen-bond acceptors (Lipinski definition) is 5. The van der Waals surface area contributed by atoms with Gasteiger partial charge in [-0.1, -0.05) is 11.8 Å². The summed E-state index contributed by atoms with van der Waals surface area (Å²) in [7, 11) is 1.59. The minimum absolute atomic E-state index is 0.0442. The van der Waals surface area contributed by atoms with Crippen LogP contribution < -0.4 is 9.64 Å². The summed E-state index contributed by atoms with van der Waals surface area (Å²) in [5, 5.41) is 8.04. The quantitative estimate of drug-likeness (QED) is 0.598. The van der Waals surface area contributed by atoms with Crippen LogP contribution in [0.5, 0.6) is 5.75 Å². The van der Waals surface area contributed by atoms with Crippen molar-refractivity contribution in [3.05, 3.63) is 47.7 Å².